The Morgan fingerprint density at radius 2 is 0.833 bits per heavy atom. The first-order valence-electron chi connectivity index (χ1n) is 13.9. The fraction of sp³-hybridized carbons (Fsp3) is 0.933. The monoisotopic (exact) mass is 420 g/mol. The quantitative estimate of drug-likeness (QED) is 0.136. The molecule has 0 radical (unpaired) electrons. The van der Waals surface area contributed by atoms with Gasteiger partial charge in [0.1, 0.15) is 0 Å². The zero-order valence-corrected chi connectivity index (χ0v) is 22.5. The van der Waals surface area contributed by atoms with Crippen molar-refractivity contribution in [2.75, 3.05) is 0 Å². The van der Waals surface area contributed by atoms with E-state index in [1.54, 1.807) is 0 Å². The second kappa shape index (κ2) is 19.4. The molecule has 0 aliphatic heterocycles. The molecule has 0 heteroatoms. The van der Waals surface area contributed by atoms with E-state index in [9.17, 15) is 0 Å². The average molecular weight is 421 g/mol. The van der Waals surface area contributed by atoms with E-state index in [0.717, 1.165) is 35.5 Å². The van der Waals surface area contributed by atoms with Crippen LogP contribution >= 0.6 is 0 Å². The molecule has 0 aromatic rings. The summed E-state index contributed by atoms with van der Waals surface area (Å²) in [6.07, 6.45) is 24.7. The number of hydrogen-bond acceptors (Lipinski definition) is 0. The van der Waals surface area contributed by atoms with Gasteiger partial charge in [-0.15, -0.1) is 0 Å². The number of unbranched alkanes of at least 4 members (excludes halogenated alkanes) is 1. The lowest BCUT2D eigenvalue weighted by molar-refractivity contribution is 0.381. The molecule has 0 saturated heterocycles. The molecule has 0 aromatic heterocycles. The lowest BCUT2D eigenvalue weighted by Crippen LogP contribution is -2.00. The summed E-state index contributed by atoms with van der Waals surface area (Å²) >= 11 is 0. The van der Waals surface area contributed by atoms with Gasteiger partial charge in [-0.05, 0) is 48.3 Å². The minimum atomic E-state index is 0.759. The Labute approximate surface area is 193 Å². The third kappa shape index (κ3) is 21.0. The molecule has 4 atom stereocenters. The van der Waals surface area contributed by atoms with E-state index in [1.807, 2.05) is 0 Å². The van der Waals surface area contributed by atoms with Gasteiger partial charge in [0.2, 0.25) is 0 Å². The molecule has 0 saturated carbocycles. The van der Waals surface area contributed by atoms with Crippen LogP contribution in [0.25, 0.3) is 0 Å². The molecule has 0 fully saturated rings. The van der Waals surface area contributed by atoms with E-state index in [-0.39, 0.29) is 0 Å². The summed E-state index contributed by atoms with van der Waals surface area (Å²) in [6, 6.07) is 0. The highest BCUT2D eigenvalue weighted by molar-refractivity contribution is 4.87. The van der Waals surface area contributed by atoms with Crippen molar-refractivity contribution in [3.05, 3.63) is 12.2 Å². The Morgan fingerprint density at radius 3 is 1.33 bits per heavy atom. The number of hydrogen-bond donors (Lipinski definition) is 0. The van der Waals surface area contributed by atoms with Crippen LogP contribution in [0.3, 0.4) is 0 Å². The SMILES string of the molecule is CC(C)CCCC(C)/C=C/CC(C)CCCCC(C)CCCC(C)CCCC(C)C. The molecule has 0 bridgehead atoms. The highest BCUT2D eigenvalue weighted by Gasteiger charge is 2.07. The molecular weight excluding hydrogens is 360 g/mol. The normalized spacial score (nSPS) is 16.5. The summed E-state index contributed by atoms with van der Waals surface area (Å²) in [7, 11) is 0. The lowest BCUT2D eigenvalue weighted by Gasteiger charge is -2.15. The van der Waals surface area contributed by atoms with Crippen molar-refractivity contribution in [2.45, 2.75) is 145 Å². The van der Waals surface area contributed by atoms with Gasteiger partial charge >= 0.3 is 0 Å². The van der Waals surface area contributed by atoms with Gasteiger partial charge in [0.05, 0.1) is 0 Å². The molecular formula is C30H60. The molecule has 180 valence electrons. The molecule has 0 aliphatic rings. The predicted octanol–water partition coefficient (Wildman–Crippen LogP) is 10.9. The minimum Gasteiger partial charge on any atom is -0.0880 e. The number of rotatable bonds is 20. The van der Waals surface area contributed by atoms with Gasteiger partial charge < -0.3 is 0 Å². The zero-order valence-electron chi connectivity index (χ0n) is 22.5. The molecule has 30 heavy (non-hydrogen) atoms. The summed E-state index contributed by atoms with van der Waals surface area (Å²) in [5.41, 5.74) is 0. The topological polar surface area (TPSA) is 0 Å². The summed E-state index contributed by atoms with van der Waals surface area (Å²) in [5.74, 6) is 5.20. The summed E-state index contributed by atoms with van der Waals surface area (Å²) in [4.78, 5) is 0. The lowest BCUT2D eigenvalue weighted by atomic mass is 9.91. The van der Waals surface area contributed by atoms with Gasteiger partial charge in [0.15, 0.2) is 0 Å². The van der Waals surface area contributed by atoms with Crippen LogP contribution < -0.4 is 0 Å². The first-order valence-corrected chi connectivity index (χ1v) is 13.9. The van der Waals surface area contributed by atoms with Gasteiger partial charge in [-0.25, -0.2) is 0 Å². The Hall–Kier alpha value is -0.260. The van der Waals surface area contributed by atoms with E-state index in [2.05, 4.69) is 67.5 Å². The third-order valence-corrected chi connectivity index (χ3v) is 6.96. The van der Waals surface area contributed by atoms with E-state index in [4.69, 9.17) is 0 Å². The molecule has 0 N–H and O–H groups in total. The van der Waals surface area contributed by atoms with Crippen molar-refractivity contribution in [3.63, 3.8) is 0 Å². The standard InChI is InChI=1S/C30H60/c1-25(2)15-11-19-29(7)23-13-21-27(5)17-9-10-18-28(6)22-14-24-30(8)20-12-16-26(3)4/h13,23,25-30H,9-12,14-22,24H2,1-8H3/b23-13+. The third-order valence-electron chi connectivity index (χ3n) is 6.96. The van der Waals surface area contributed by atoms with Gasteiger partial charge in [0, 0.05) is 0 Å². The largest absolute Gasteiger partial charge is 0.0880 e. The molecule has 0 nitrogen and oxygen atoms in total. The van der Waals surface area contributed by atoms with Gasteiger partial charge in [0.25, 0.3) is 0 Å². The molecule has 0 aromatic carbocycles. The van der Waals surface area contributed by atoms with E-state index >= 15 is 0 Å². The fourth-order valence-corrected chi connectivity index (χ4v) is 4.57. The Morgan fingerprint density at radius 1 is 0.433 bits per heavy atom. The molecule has 0 heterocycles. The summed E-state index contributed by atoms with van der Waals surface area (Å²) in [6.45, 7) is 19.1. The highest BCUT2D eigenvalue weighted by Crippen LogP contribution is 2.23. The van der Waals surface area contributed by atoms with Crippen molar-refractivity contribution in [3.8, 4) is 0 Å². The maximum absolute atomic E-state index is 2.48. The van der Waals surface area contributed by atoms with E-state index in [0.29, 0.717) is 0 Å². The average Bonchev–Trinajstić information content (AvgIpc) is 2.64. The maximum atomic E-state index is 2.48. The van der Waals surface area contributed by atoms with Crippen LogP contribution in [0.4, 0.5) is 0 Å². The van der Waals surface area contributed by atoms with Crippen molar-refractivity contribution >= 4 is 0 Å². The summed E-state index contributed by atoms with van der Waals surface area (Å²) in [5, 5.41) is 0. The van der Waals surface area contributed by atoms with Gasteiger partial charge in [-0.1, -0.05) is 145 Å². The fourth-order valence-electron chi connectivity index (χ4n) is 4.57. The second-order valence-corrected chi connectivity index (χ2v) is 11.8. The van der Waals surface area contributed by atoms with Crippen LogP contribution in [0.5, 0.6) is 0 Å². The van der Waals surface area contributed by atoms with Crippen molar-refractivity contribution in [1.82, 2.24) is 0 Å². The van der Waals surface area contributed by atoms with Crippen LogP contribution in [-0.2, 0) is 0 Å². The highest BCUT2D eigenvalue weighted by atomic mass is 14.1. The molecule has 0 amide bonds. The Balaban J connectivity index is 3.63. The van der Waals surface area contributed by atoms with Crippen molar-refractivity contribution in [1.29, 1.82) is 0 Å². The van der Waals surface area contributed by atoms with Crippen LogP contribution in [0.1, 0.15) is 145 Å². The van der Waals surface area contributed by atoms with Crippen molar-refractivity contribution < 1.29 is 0 Å². The maximum Gasteiger partial charge on any atom is -0.0262 e. The van der Waals surface area contributed by atoms with Crippen molar-refractivity contribution in [2.24, 2.45) is 35.5 Å². The first kappa shape index (κ1) is 29.7. The summed E-state index contributed by atoms with van der Waals surface area (Å²) < 4.78 is 0. The number of allylic oxidation sites excluding steroid dienone is 2. The first-order chi connectivity index (χ1) is 14.2. The molecule has 0 spiro atoms. The second-order valence-electron chi connectivity index (χ2n) is 11.8. The molecule has 0 rings (SSSR count). The smallest absolute Gasteiger partial charge is 0.0262 e. The Kier molecular flexibility index (Phi) is 19.3. The zero-order chi connectivity index (χ0) is 22.8. The van der Waals surface area contributed by atoms with Crippen LogP contribution in [0.2, 0.25) is 0 Å². The Bertz CT molecular complexity index is 377. The van der Waals surface area contributed by atoms with E-state index in [1.165, 1.54) is 89.9 Å². The molecule has 0 aliphatic carbocycles. The van der Waals surface area contributed by atoms with Crippen LogP contribution in [0.15, 0.2) is 12.2 Å². The van der Waals surface area contributed by atoms with Crippen LogP contribution in [0, 0.1) is 35.5 Å². The van der Waals surface area contributed by atoms with Crippen LogP contribution in [-0.4, -0.2) is 0 Å². The van der Waals surface area contributed by atoms with Gasteiger partial charge in [-0.2, -0.15) is 0 Å². The predicted molar refractivity (Wildman–Crippen MR) is 140 cm³/mol. The molecule has 4 unspecified atom stereocenters. The minimum absolute atomic E-state index is 0.759. The van der Waals surface area contributed by atoms with Gasteiger partial charge in [-0.3, -0.25) is 0 Å². The van der Waals surface area contributed by atoms with E-state index < -0.39 is 0 Å².